The lowest BCUT2D eigenvalue weighted by Gasteiger charge is -2.47. The molecule has 2 saturated heterocycles. The van der Waals surface area contributed by atoms with E-state index in [1.165, 1.54) is 24.0 Å². The van der Waals surface area contributed by atoms with Crippen molar-refractivity contribution in [1.82, 2.24) is 14.8 Å². The Kier molecular flexibility index (Phi) is 5.63. The van der Waals surface area contributed by atoms with Crippen LogP contribution in [0.1, 0.15) is 78.7 Å². The molecule has 6 rings (SSSR count). The van der Waals surface area contributed by atoms with Crippen molar-refractivity contribution in [2.24, 2.45) is 5.41 Å². The molecular formula is C30H37N3O2. The number of nitrogens with one attached hydrogen (secondary N) is 1. The van der Waals surface area contributed by atoms with E-state index in [1.54, 1.807) is 0 Å². The van der Waals surface area contributed by atoms with Gasteiger partial charge < -0.3 is 14.6 Å². The first-order valence-electron chi connectivity index (χ1n) is 13.3. The summed E-state index contributed by atoms with van der Waals surface area (Å²) in [4.78, 5) is 21.3. The Morgan fingerprint density at radius 2 is 1.77 bits per heavy atom. The van der Waals surface area contributed by atoms with E-state index < -0.39 is 0 Å². The summed E-state index contributed by atoms with van der Waals surface area (Å²) in [5, 5.41) is 0. The first-order valence-corrected chi connectivity index (χ1v) is 13.3. The molecule has 0 bridgehead atoms. The third kappa shape index (κ3) is 4.35. The van der Waals surface area contributed by atoms with Crippen LogP contribution < -0.4 is 4.74 Å². The van der Waals surface area contributed by atoms with Crippen LogP contribution in [0.5, 0.6) is 5.75 Å². The van der Waals surface area contributed by atoms with E-state index >= 15 is 0 Å². The number of likely N-dealkylation sites (tertiary alicyclic amines) is 2. The topological polar surface area (TPSA) is 48.6 Å². The highest BCUT2D eigenvalue weighted by Crippen LogP contribution is 2.43. The Labute approximate surface area is 208 Å². The van der Waals surface area contributed by atoms with Gasteiger partial charge in [-0.05, 0) is 76.1 Å². The predicted molar refractivity (Wildman–Crippen MR) is 140 cm³/mol. The van der Waals surface area contributed by atoms with E-state index in [0.717, 1.165) is 81.0 Å². The summed E-state index contributed by atoms with van der Waals surface area (Å²) in [6, 6.07) is 6.64. The van der Waals surface area contributed by atoms with Gasteiger partial charge in [-0.25, -0.2) is 0 Å². The molecular weight excluding hydrogens is 434 g/mol. The van der Waals surface area contributed by atoms with Gasteiger partial charge in [-0.2, -0.15) is 0 Å². The number of carbonyl (C=O) groups excluding carboxylic acids is 1. The number of aromatic amines is 1. The summed E-state index contributed by atoms with van der Waals surface area (Å²) in [6.07, 6.45) is 16.9. The molecule has 2 aromatic rings. The fourth-order valence-electron chi connectivity index (χ4n) is 6.48. The van der Waals surface area contributed by atoms with Gasteiger partial charge in [0.1, 0.15) is 11.4 Å². The van der Waals surface area contributed by atoms with Crippen LogP contribution in [-0.4, -0.2) is 52.5 Å². The third-order valence-corrected chi connectivity index (χ3v) is 8.62. The van der Waals surface area contributed by atoms with Crippen LogP contribution in [0.3, 0.4) is 0 Å². The van der Waals surface area contributed by atoms with Gasteiger partial charge >= 0.3 is 0 Å². The molecule has 35 heavy (non-hydrogen) atoms. The van der Waals surface area contributed by atoms with Gasteiger partial charge in [0.05, 0.1) is 5.56 Å². The monoisotopic (exact) mass is 471 g/mol. The van der Waals surface area contributed by atoms with Crippen molar-refractivity contribution >= 4 is 18.1 Å². The zero-order valence-corrected chi connectivity index (χ0v) is 21.1. The van der Waals surface area contributed by atoms with Gasteiger partial charge in [-0.15, -0.1) is 0 Å². The first-order chi connectivity index (χ1) is 16.9. The molecule has 1 N–H and O–H groups in total. The summed E-state index contributed by atoms with van der Waals surface area (Å²) in [7, 11) is 0. The number of hydrogen-bond donors (Lipinski definition) is 1. The van der Waals surface area contributed by atoms with Crippen molar-refractivity contribution in [3.05, 3.63) is 64.5 Å². The number of hydrogen-bond acceptors (Lipinski definition) is 3. The van der Waals surface area contributed by atoms with Gasteiger partial charge in [0.25, 0.3) is 5.91 Å². The van der Waals surface area contributed by atoms with Crippen molar-refractivity contribution in [1.29, 1.82) is 0 Å². The van der Waals surface area contributed by atoms with Crippen molar-refractivity contribution in [3.63, 3.8) is 0 Å². The number of allylic oxidation sites excluding steroid dienone is 2. The summed E-state index contributed by atoms with van der Waals surface area (Å²) < 4.78 is 6.31. The summed E-state index contributed by atoms with van der Waals surface area (Å²) >= 11 is 0. The zero-order chi connectivity index (χ0) is 24.0. The molecule has 0 saturated carbocycles. The molecule has 1 spiro atoms. The van der Waals surface area contributed by atoms with Gasteiger partial charge in [0.15, 0.2) is 0 Å². The lowest BCUT2D eigenvalue weighted by molar-refractivity contribution is 0.0282. The molecule has 1 aliphatic carbocycles. The van der Waals surface area contributed by atoms with Gasteiger partial charge in [0.2, 0.25) is 0 Å². The van der Waals surface area contributed by atoms with Crippen LogP contribution in [0.2, 0.25) is 0 Å². The number of fused-ring (bicyclic) bond motifs is 2. The minimum absolute atomic E-state index is 0.0955. The molecule has 1 aromatic heterocycles. The molecule has 0 atom stereocenters. The minimum atomic E-state index is -0.0955. The van der Waals surface area contributed by atoms with Gasteiger partial charge in [0, 0.05) is 49.1 Å². The van der Waals surface area contributed by atoms with E-state index in [4.69, 9.17) is 4.74 Å². The Morgan fingerprint density at radius 3 is 2.57 bits per heavy atom. The zero-order valence-electron chi connectivity index (χ0n) is 21.1. The lowest BCUT2D eigenvalue weighted by atomic mass is 9.71. The van der Waals surface area contributed by atoms with E-state index in [1.807, 2.05) is 6.20 Å². The van der Waals surface area contributed by atoms with E-state index in [-0.39, 0.29) is 11.5 Å². The molecule has 184 valence electrons. The van der Waals surface area contributed by atoms with Crippen molar-refractivity contribution in [3.8, 4) is 5.75 Å². The maximum atomic E-state index is 13.3. The number of ether oxygens (including phenoxy) is 1. The van der Waals surface area contributed by atoms with Gasteiger partial charge in [-0.3, -0.25) is 9.69 Å². The molecule has 2 fully saturated rings. The first kappa shape index (κ1) is 22.7. The molecule has 5 heteroatoms. The average Bonchev–Trinajstić information content (AvgIpc) is 3.31. The molecule has 0 radical (unpaired) electrons. The van der Waals surface area contributed by atoms with Gasteiger partial charge in [-0.1, -0.05) is 36.4 Å². The van der Waals surface area contributed by atoms with Crippen LogP contribution in [0.15, 0.2) is 36.5 Å². The molecule has 0 unspecified atom stereocenters. The quantitative estimate of drug-likeness (QED) is 0.627. The number of benzene rings is 1. The normalized spacial score (nSPS) is 22.5. The largest absolute Gasteiger partial charge is 0.487 e. The molecule has 1 aromatic carbocycles. The molecule has 5 nitrogen and oxygen atoms in total. The lowest BCUT2D eigenvalue weighted by Crippen LogP contribution is -2.48. The molecule has 4 heterocycles. The minimum Gasteiger partial charge on any atom is -0.487 e. The SMILES string of the molecule is CC1(C)Cc2cccc(CN3CCC4(CC3)CCN(C(=O)c3c[nH]c5c3C=CCC=C5)CC4)c2O1. The van der Waals surface area contributed by atoms with Crippen LogP contribution in [0.25, 0.3) is 12.2 Å². The van der Waals surface area contributed by atoms with E-state index in [9.17, 15) is 4.79 Å². The molecule has 3 aliphatic heterocycles. The second kappa shape index (κ2) is 8.70. The number of rotatable bonds is 3. The molecule has 1 amide bonds. The van der Waals surface area contributed by atoms with Crippen molar-refractivity contribution in [2.45, 2.75) is 64.5 Å². The Balaban J connectivity index is 1.05. The highest BCUT2D eigenvalue weighted by atomic mass is 16.5. The smallest absolute Gasteiger partial charge is 0.256 e. The number of amides is 1. The van der Waals surface area contributed by atoms with Crippen LogP contribution in [-0.2, 0) is 13.0 Å². The standard InChI is InChI=1S/C30H37N3O2/c1-29(2)19-22-7-6-8-23(27(22)35-29)21-32-15-11-30(12-16-32)13-17-33(18-14-30)28(34)25-20-31-26-10-5-3-4-9-24(25)26/h4-10,20,31H,3,11-19,21H2,1-2H3. The fraction of sp³-hybridized carbons (Fsp3) is 0.500. The number of aromatic nitrogens is 1. The number of piperidine rings is 2. The number of H-pyrrole nitrogens is 1. The highest BCUT2D eigenvalue weighted by Gasteiger charge is 2.39. The second-order valence-corrected chi connectivity index (χ2v) is 11.6. The Morgan fingerprint density at radius 1 is 1.03 bits per heavy atom. The second-order valence-electron chi connectivity index (χ2n) is 11.6. The van der Waals surface area contributed by atoms with Crippen LogP contribution >= 0.6 is 0 Å². The molecule has 4 aliphatic rings. The van der Waals surface area contributed by atoms with E-state index in [2.05, 4.69) is 71.1 Å². The van der Waals surface area contributed by atoms with Crippen molar-refractivity contribution < 1.29 is 9.53 Å². The maximum Gasteiger partial charge on any atom is 0.256 e. The summed E-state index contributed by atoms with van der Waals surface area (Å²) in [6.45, 7) is 9.32. The summed E-state index contributed by atoms with van der Waals surface area (Å²) in [5.74, 6) is 1.30. The number of carbonyl (C=O) groups is 1. The predicted octanol–water partition coefficient (Wildman–Crippen LogP) is 5.68. The Bertz CT molecular complexity index is 1170. The maximum absolute atomic E-state index is 13.3. The Hall–Kier alpha value is -2.79. The van der Waals surface area contributed by atoms with Crippen LogP contribution in [0.4, 0.5) is 0 Å². The average molecular weight is 472 g/mol. The number of para-hydroxylation sites is 1. The number of nitrogens with zero attached hydrogens (tertiary/aromatic N) is 2. The summed E-state index contributed by atoms with van der Waals surface area (Å²) in [5.41, 5.74) is 5.87. The van der Waals surface area contributed by atoms with Crippen molar-refractivity contribution in [2.75, 3.05) is 26.2 Å². The van der Waals surface area contributed by atoms with E-state index in [0.29, 0.717) is 5.41 Å². The highest BCUT2D eigenvalue weighted by molar-refractivity contribution is 5.99. The third-order valence-electron chi connectivity index (χ3n) is 8.62. The van der Waals surface area contributed by atoms with Crippen LogP contribution in [0, 0.1) is 5.41 Å². The fourth-order valence-corrected chi connectivity index (χ4v) is 6.48.